The van der Waals surface area contributed by atoms with Crippen molar-refractivity contribution in [1.29, 1.82) is 0 Å². The van der Waals surface area contributed by atoms with Gasteiger partial charge < -0.3 is 14.5 Å². The molecule has 0 atom stereocenters. The first-order valence-electron chi connectivity index (χ1n) is 10.1. The summed E-state index contributed by atoms with van der Waals surface area (Å²) in [4.78, 5) is 25.8. The number of carbonyl (C=O) groups excluding carboxylic acids is 1. The molecule has 0 radical (unpaired) electrons. The molecule has 0 aliphatic rings. The van der Waals surface area contributed by atoms with Gasteiger partial charge in [0.25, 0.3) is 5.91 Å². The summed E-state index contributed by atoms with van der Waals surface area (Å²) in [6.45, 7) is 5.40. The first-order chi connectivity index (χ1) is 15.3. The number of halogens is 1. The van der Waals surface area contributed by atoms with E-state index in [0.717, 1.165) is 16.7 Å². The van der Waals surface area contributed by atoms with Crippen molar-refractivity contribution in [2.24, 2.45) is 0 Å². The molecule has 3 aromatic carbocycles. The summed E-state index contributed by atoms with van der Waals surface area (Å²) in [6, 6.07) is 18.3. The Hall–Kier alpha value is -3.57. The van der Waals surface area contributed by atoms with E-state index in [-0.39, 0.29) is 29.5 Å². The van der Waals surface area contributed by atoms with Gasteiger partial charge in [0.05, 0.1) is 5.39 Å². The number of ether oxygens (including phenoxy) is 1. The predicted molar refractivity (Wildman–Crippen MR) is 128 cm³/mol. The van der Waals surface area contributed by atoms with E-state index in [2.05, 4.69) is 5.32 Å². The topological polar surface area (TPSA) is 68.5 Å². The molecule has 6 heteroatoms. The Morgan fingerprint density at radius 3 is 2.47 bits per heavy atom. The molecule has 0 saturated carbocycles. The molecule has 1 heterocycles. The van der Waals surface area contributed by atoms with Crippen molar-refractivity contribution in [2.45, 2.75) is 20.8 Å². The van der Waals surface area contributed by atoms with Crippen LogP contribution < -0.4 is 15.5 Å². The lowest BCUT2D eigenvalue weighted by atomic mass is 10.1. The average Bonchev–Trinajstić information content (AvgIpc) is 2.75. The molecule has 0 bridgehead atoms. The van der Waals surface area contributed by atoms with Crippen LogP contribution in [0.4, 0.5) is 5.69 Å². The van der Waals surface area contributed by atoms with E-state index in [4.69, 9.17) is 20.8 Å². The molecule has 4 rings (SSSR count). The summed E-state index contributed by atoms with van der Waals surface area (Å²) in [7, 11) is 0. The molecule has 5 nitrogen and oxygen atoms in total. The van der Waals surface area contributed by atoms with Gasteiger partial charge in [0.2, 0.25) is 11.2 Å². The molecule has 0 aliphatic carbocycles. The number of anilines is 1. The van der Waals surface area contributed by atoms with Gasteiger partial charge in [-0.3, -0.25) is 9.59 Å². The zero-order valence-corrected chi connectivity index (χ0v) is 18.7. The Morgan fingerprint density at radius 1 is 1.00 bits per heavy atom. The number of fused-ring (bicyclic) bond motifs is 1. The zero-order valence-electron chi connectivity index (χ0n) is 18.0. The quantitative estimate of drug-likeness (QED) is 0.404. The normalized spacial score (nSPS) is 10.9. The predicted octanol–water partition coefficient (Wildman–Crippen LogP) is 6.06. The number of benzene rings is 3. The largest absolute Gasteiger partial charge is 0.476 e. The van der Waals surface area contributed by atoms with Crippen LogP contribution in [0.1, 0.15) is 16.7 Å². The Morgan fingerprint density at radius 2 is 1.75 bits per heavy atom. The van der Waals surface area contributed by atoms with Crippen molar-refractivity contribution in [3.63, 3.8) is 0 Å². The number of hydrogen-bond donors (Lipinski definition) is 1. The zero-order chi connectivity index (χ0) is 22.8. The molecule has 1 amide bonds. The third-order valence-corrected chi connectivity index (χ3v) is 5.50. The summed E-state index contributed by atoms with van der Waals surface area (Å²) in [5.74, 6) is -0.139. The van der Waals surface area contributed by atoms with Gasteiger partial charge in [-0.25, -0.2) is 0 Å². The van der Waals surface area contributed by atoms with E-state index in [1.165, 1.54) is 0 Å². The molecule has 0 unspecified atom stereocenters. The van der Waals surface area contributed by atoms with E-state index < -0.39 is 0 Å². The van der Waals surface area contributed by atoms with E-state index >= 15 is 0 Å². The molecule has 4 aromatic rings. The standard InChI is InChI=1S/C26H22ClNO4/c1-15-7-9-18(10-8-15)25-26(24(30)20-13-21(27)17(3)12-22(20)32-25)31-14-23(29)28-19-6-4-5-16(2)11-19/h4-13H,14H2,1-3H3,(H,28,29). The smallest absolute Gasteiger partial charge is 0.262 e. The van der Waals surface area contributed by atoms with Gasteiger partial charge in [0.1, 0.15) is 5.58 Å². The second kappa shape index (κ2) is 8.89. The lowest BCUT2D eigenvalue weighted by Gasteiger charge is -2.13. The van der Waals surface area contributed by atoms with Crippen molar-refractivity contribution >= 4 is 34.2 Å². The minimum Gasteiger partial charge on any atom is -0.476 e. The highest BCUT2D eigenvalue weighted by Crippen LogP contribution is 2.33. The first kappa shape index (κ1) is 21.7. The van der Waals surface area contributed by atoms with E-state index in [1.807, 2.05) is 63.2 Å². The van der Waals surface area contributed by atoms with Crippen LogP contribution in [0.5, 0.6) is 5.75 Å². The van der Waals surface area contributed by atoms with Gasteiger partial charge in [-0.1, -0.05) is 53.6 Å². The van der Waals surface area contributed by atoms with Crippen molar-refractivity contribution in [2.75, 3.05) is 11.9 Å². The van der Waals surface area contributed by atoms with E-state index in [0.29, 0.717) is 27.2 Å². The van der Waals surface area contributed by atoms with Crippen molar-refractivity contribution < 1.29 is 13.9 Å². The summed E-state index contributed by atoms with van der Waals surface area (Å²) in [6.07, 6.45) is 0. The molecule has 1 N–H and O–H groups in total. The van der Waals surface area contributed by atoms with Crippen LogP contribution in [0.25, 0.3) is 22.3 Å². The van der Waals surface area contributed by atoms with Gasteiger partial charge in [-0.2, -0.15) is 0 Å². The summed E-state index contributed by atoms with van der Waals surface area (Å²) < 4.78 is 11.8. The minimum atomic E-state index is -0.383. The average molecular weight is 448 g/mol. The maximum absolute atomic E-state index is 13.3. The third kappa shape index (κ3) is 4.53. The first-order valence-corrected chi connectivity index (χ1v) is 10.5. The van der Waals surface area contributed by atoms with Gasteiger partial charge in [0, 0.05) is 16.3 Å². The molecule has 162 valence electrons. The van der Waals surface area contributed by atoms with Gasteiger partial charge in [0.15, 0.2) is 12.4 Å². The van der Waals surface area contributed by atoms with Crippen LogP contribution in [-0.2, 0) is 4.79 Å². The number of rotatable bonds is 5. The Bertz CT molecular complexity index is 1370. The molecule has 1 aromatic heterocycles. The molecular weight excluding hydrogens is 426 g/mol. The summed E-state index contributed by atoms with van der Waals surface area (Å²) >= 11 is 6.23. The SMILES string of the molecule is Cc1ccc(-c2oc3cc(C)c(Cl)cc3c(=O)c2OCC(=O)Nc2cccc(C)c2)cc1. The summed E-state index contributed by atoms with van der Waals surface area (Å²) in [5, 5.41) is 3.53. The molecule has 0 saturated heterocycles. The summed E-state index contributed by atoms with van der Waals surface area (Å²) in [5.41, 5.74) is 4.24. The fourth-order valence-electron chi connectivity index (χ4n) is 3.38. The molecule has 32 heavy (non-hydrogen) atoms. The maximum atomic E-state index is 13.3. The Balaban J connectivity index is 1.72. The highest BCUT2D eigenvalue weighted by atomic mass is 35.5. The van der Waals surface area contributed by atoms with E-state index in [1.54, 1.807) is 18.2 Å². The molecular formula is C26H22ClNO4. The second-order valence-corrected chi connectivity index (χ2v) is 8.17. The van der Waals surface area contributed by atoms with Crippen LogP contribution in [0.15, 0.2) is 69.9 Å². The lowest BCUT2D eigenvalue weighted by molar-refractivity contribution is -0.118. The minimum absolute atomic E-state index is 0.0272. The molecule has 0 fully saturated rings. The third-order valence-electron chi connectivity index (χ3n) is 5.09. The second-order valence-electron chi connectivity index (χ2n) is 7.76. The van der Waals surface area contributed by atoms with Crippen LogP contribution >= 0.6 is 11.6 Å². The lowest BCUT2D eigenvalue weighted by Crippen LogP contribution is -2.22. The maximum Gasteiger partial charge on any atom is 0.262 e. The van der Waals surface area contributed by atoms with Crippen molar-refractivity contribution in [1.82, 2.24) is 0 Å². The number of amides is 1. The van der Waals surface area contributed by atoms with Crippen LogP contribution in [-0.4, -0.2) is 12.5 Å². The molecule has 0 spiro atoms. The van der Waals surface area contributed by atoms with Gasteiger partial charge in [-0.05, 0) is 56.2 Å². The number of nitrogens with one attached hydrogen (secondary N) is 1. The highest BCUT2D eigenvalue weighted by molar-refractivity contribution is 6.32. The van der Waals surface area contributed by atoms with Gasteiger partial charge in [-0.15, -0.1) is 0 Å². The van der Waals surface area contributed by atoms with Crippen LogP contribution in [0, 0.1) is 20.8 Å². The monoisotopic (exact) mass is 447 g/mol. The fraction of sp³-hybridized carbons (Fsp3) is 0.154. The Labute approximate surface area is 190 Å². The number of aryl methyl sites for hydroxylation is 3. The Kier molecular flexibility index (Phi) is 6.01. The highest BCUT2D eigenvalue weighted by Gasteiger charge is 2.20. The van der Waals surface area contributed by atoms with Crippen LogP contribution in [0.2, 0.25) is 5.02 Å². The van der Waals surface area contributed by atoms with E-state index in [9.17, 15) is 9.59 Å². The van der Waals surface area contributed by atoms with Gasteiger partial charge >= 0.3 is 0 Å². The number of carbonyl (C=O) groups is 1. The molecule has 0 aliphatic heterocycles. The van der Waals surface area contributed by atoms with Crippen LogP contribution in [0.3, 0.4) is 0 Å². The van der Waals surface area contributed by atoms with Crippen molar-refractivity contribution in [3.05, 3.63) is 92.6 Å². The fourth-order valence-corrected chi connectivity index (χ4v) is 3.55. The van der Waals surface area contributed by atoms with Crippen molar-refractivity contribution in [3.8, 4) is 17.1 Å². The number of hydrogen-bond acceptors (Lipinski definition) is 4.